The molecule has 1 heterocycles. The highest BCUT2D eigenvalue weighted by Crippen LogP contribution is 2.21. The predicted octanol–water partition coefficient (Wildman–Crippen LogP) is 2.55. The van der Waals surface area contributed by atoms with Gasteiger partial charge in [0.2, 0.25) is 5.82 Å². The summed E-state index contributed by atoms with van der Waals surface area (Å²) in [6.45, 7) is 1.35. The second-order valence-corrected chi connectivity index (χ2v) is 4.71. The van der Waals surface area contributed by atoms with Gasteiger partial charge in [-0.1, -0.05) is 0 Å². The van der Waals surface area contributed by atoms with Crippen LogP contribution >= 0.6 is 23.2 Å². The number of benzene rings is 1. The maximum Gasteiger partial charge on any atom is 0.371 e. The van der Waals surface area contributed by atoms with E-state index in [1.165, 1.54) is 0 Å². The molecule has 0 saturated heterocycles. The number of hydrogen-bond donors (Lipinski definition) is 2. The Kier molecular flexibility index (Phi) is 4.50. The molecule has 0 saturated carbocycles. The summed E-state index contributed by atoms with van der Waals surface area (Å²) in [6.07, 6.45) is 0. The van der Waals surface area contributed by atoms with E-state index in [4.69, 9.17) is 28.3 Å². The summed E-state index contributed by atoms with van der Waals surface area (Å²) >= 11 is 11.5. The standard InChI is InChI=1S/C12H13Cl2N3O2/c13-3-5-17(6-4-14)8-1-2-9-10(7-8)16-11(15-9)12(18)19/h1-2,7H,3-6H2,(H,15,16)(H,18,19). The van der Waals surface area contributed by atoms with Crippen LogP contribution < -0.4 is 4.90 Å². The summed E-state index contributed by atoms with van der Waals surface area (Å²) in [6, 6.07) is 5.53. The summed E-state index contributed by atoms with van der Waals surface area (Å²) in [5.41, 5.74) is 2.24. The first-order chi connectivity index (χ1) is 9.15. The van der Waals surface area contributed by atoms with Crippen molar-refractivity contribution in [2.45, 2.75) is 0 Å². The second-order valence-electron chi connectivity index (χ2n) is 3.96. The van der Waals surface area contributed by atoms with Gasteiger partial charge in [0.15, 0.2) is 0 Å². The lowest BCUT2D eigenvalue weighted by molar-refractivity contribution is 0.0685. The Morgan fingerprint density at radius 3 is 2.58 bits per heavy atom. The third-order valence-corrected chi connectivity index (χ3v) is 3.08. The highest BCUT2D eigenvalue weighted by atomic mass is 35.5. The fourth-order valence-corrected chi connectivity index (χ4v) is 2.27. The van der Waals surface area contributed by atoms with Gasteiger partial charge in [-0.25, -0.2) is 9.78 Å². The quantitative estimate of drug-likeness (QED) is 0.805. The monoisotopic (exact) mass is 301 g/mol. The second kappa shape index (κ2) is 6.12. The molecule has 102 valence electrons. The highest BCUT2D eigenvalue weighted by Gasteiger charge is 2.11. The molecule has 7 heteroatoms. The van der Waals surface area contributed by atoms with Crippen LogP contribution in [0.4, 0.5) is 5.69 Å². The van der Waals surface area contributed by atoms with Crippen LogP contribution in [-0.4, -0.2) is 45.9 Å². The van der Waals surface area contributed by atoms with E-state index in [1.807, 2.05) is 17.0 Å². The van der Waals surface area contributed by atoms with Crippen LogP contribution in [0.25, 0.3) is 11.0 Å². The minimum Gasteiger partial charge on any atom is -0.475 e. The van der Waals surface area contributed by atoms with Crippen LogP contribution in [0.15, 0.2) is 18.2 Å². The first kappa shape index (κ1) is 14.0. The number of carboxylic acid groups (broad SMARTS) is 1. The molecule has 0 bridgehead atoms. The van der Waals surface area contributed by atoms with Gasteiger partial charge >= 0.3 is 5.97 Å². The zero-order valence-electron chi connectivity index (χ0n) is 10.1. The predicted molar refractivity (Wildman–Crippen MR) is 76.7 cm³/mol. The number of aromatic carboxylic acids is 1. The molecular weight excluding hydrogens is 289 g/mol. The van der Waals surface area contributed by atoms with Crippen molar-refractivity contribution in [2.75, 3.05) is 29.7 Å². The summed E-state index contributed by atoms with van der Waals surface area (Å²) in [5.74, 6) is -0.143. The molecule has 0 aliphatic heterocycles. The number of carbonyl (C=O) groups is 1. The Hall–Kier alpha value is -1.46. The van der Waals surface area contributed by atoms with Crippen molar-refractivity contribution in [1.29, 1.82) is 0 Å². The largest absolute Gasteiger partial charge is 0.475 e. The molecule has 1 aromatic carbocycles. The molecule has 0 aliphatic rings. The van der Waals surface area contributed by atoms with Crippen molar-refractivity contribution < 1.29 is 9.90 Å². The normalized spacial score (nSPS) is 10.8. The molecule has 0 aliphatic carbocycles. The topological polar surface area (TPSA) is 69.2 Å². The molecule has 1 aromatic heterocycles. The van der Waals surface area contributed by atoms with Crippen molar-refractivity contribution in [3.63, 3.8) is 0 Å². The molecule has 0 atom stereocenters. The van der Waals surface area contributed by atoms with E-state index < -0.39 is 5.97 Å². The van der Waals surface area contributed by atoms with Gasteiger partial charge in [0.05, 0.1) is 11.0 Å². The van der Waals surface area contributed by atoms with E-state index in [2.05, 4.69) is 9.97 Å². The molecule has 2 aromatic rings. The van der Waals surface area contributed by atoms with E-state index in [1.54, 1.807) is 6.07 Å². The molecule has 19 heavy (non-hydrogen) atoms. The van der Waals surface area contributed by atoms with Gasteiger partial charge < -0.3 is 15.0 Å². The number of rotatable bonds is 6. The van der Waals surface area contributed by atoms with Gasteiger partial charge in [-0.3, -0.25) is 0 Å². The molecule has 0 unspecified atom stereocenters. The Balaban J connectivity index is 2.36. The molecule has 5 nitrogen and oxygen atoms in total. The minimum absolute atomic E-state index is 0.0617. The van der Waals surface area contributed by atoms with Crippen LogP contribution in [0.1, 0.15) is 10.6 Å². The SMILES string of the molecule is O=C(O)c1nc2cc(N(CCCl)CCCl)ccc2[nH]1. The summed E-state index contributed by atoms with van der Waals surface area (Å²) in [4.78, 5) is 19.7. The summed E-state index contributed by atoms with van der Waals surface area (Å²) < 4.78 is 0. The van der Waals surface area contributed by atoms with Crippen molar-refractivity contribution in [3.05, 3.63) is 24.0 Å². The number of alkyl halides is 2. The number of nitrogens with zero attached hydrogens (tertiary/aromatic N) is 2. The maximum absolute atomic E-state index is 10.9. The zero-order chi connectivity index (χ0) is 13.8. The Bertz CT molecular complexity index is 579. The lowest BCUT2D eigenvalue weighted by atomic mass is 10.2. The fraction of sp³-hybridized carbons (Fsp3) is 0.333. The molecule has 0 amide bonds. The molecule has 0 fully saturated rings. The number of aromatic nitrogens is 2. The minimum atomic E-state index is -1.07. The van der Waals surface area contributed by atoms with Crippen molar-refractivity contribution in [2.24, 2.45) is 0 Å². The Morgan fingerprint density at radius 1 is 1.32 bits per heavy atom. The highest BCUT2D eigenvalue weighted by molar-refractivity contribution is 6.18. The number of hydrogen-bond acceptors (Lipinski definition) is 3. The van der Waals surface area contributed by atoms with Crippen LogP contribution in [0, 0.1) is 0 Å². The summed E-state index contributed by atoms with van der Waals surface area (Å²) in [7, 11) is 0. The molecule has 2 rings (SSSR count). The number of halogens is 2. The van der Waals surface area contributed by atoms with Gasteiger partial charge in [0, 0.05) is 30.5 Å². The fourth-order valence-electron chi connectivity index (χ4n) is 1.87. The lowest BCUT2D eigenvalue weighted by Crippen LogP contribution is -2.27. The smallest absolute Gasteiger partial charge is 0.371 e. The summed E-state index contributed by atoms with van der Waals surface area (Å²) in [5, 5.41) is 8.89. The third-order valence-electron chi connectivity index (χ3n) is 2.74. The van der Waals surface area contributed by atoms with Crippen LogP contribution in [0.3, 0.4) is 0 Å². The maximum atomic E-state index is 10.9. The van der Waals surface area contributed by atoms with Crippen molar-refractivity contribution in [3.8, 4) is 0 Å². The Labute approximate surface area is 120 Å². The third kappa shape index (κ3) is 3.11. The molecule has 0 radical (unpaired) electrons. The first-order valence-corrected chi connectivity index (χ1v) is 6.82. The zero-order valence-corrected chi connectivity index (χ0v) is 11.6. The molecule has 2 N–H and O–H groups in total. The van der Waals surface area contributed by atoms with Gasteiger partial charge in [0.25, 0.3) is 0 Å². The average molecular weight is 302 g/mol. The van der Waals surface area contributed by atoms with E-state index in [0.29, 0.717) is 35.9 Å². The first-order valence-electron chi connectivity index (χ1n) is 5.75. The van der Waals surface area contributed by atoms with E-state index >= 15 is 0 Å². The average Bonchev–Trinajstić information content (AvgIpc) is 2.81. The number of anilines is 1. The van der Waals surface area contributed by atoms with Gasteiger partial charge in [-0.05, 0) is 18.2 Å². The molecule has 0 spiro atoms. The Morgan fingerprint density at radius 2 is 2.00 bits per heavy atom. The van der Waals surface area contributed by atoms with E-state index in [-0.39, 0.29) is 5.82 Å². The molecular formula is C12H13Cl2N3O2. The number of aromatic amines is 1. The van der Waals surface area contributed by atoms with Crippen LogP contribution in [-0.2, 0) is 0 Å². The van der Waals surface area contributed by atoms with E-state index in [9.17, 15) is 4.79 Å². The van der Waals surface area contributed by atoms with Crippen molar-refractivity contribution >= 4 is 45.9 Å². The van der Waals surface area contributed by atoms with Gasteiger partial charge in [-0.15, -0.1) is 23.2 Å². The van der Waals surface area contributed by atoms with Gasteiger partial charge in [0.1, 0.15) is 0 Å². The van der Waals surface area contributed by atoms with Crippen molar-refractivity contribution in [1.82, 2.24) is 9.97 Å². The van der Waals surface area contributed by atoms with E-state index in [0.717, 1.165) is 5.69 Å². The van der Waals surface area contributed by atoms with Crippen LogP contribution in [0.2, 0.25) is 0 Å². The number of carboxylic acids is 1. The van der Waals surface area contributed by atoms with Gasteiger partial charge in [-0.2, -0.15) is 0 Å². The van der Waals surface area contributed by atoms with Crippen LogP contribution in [0.5, 0.6) is 0 Å². The number of H-pyrrole nitrogens is 1. The lowest BCUT2D eigenvalue weighted by Gasteiger charge is -2.22. The number of fused-ring (bicyclic) bond motifs is 1. The number of nitrogens with one attached hydrogen (secondary N) is 1. The number of imidazole rings is 1.